The van der Waals surface area contributed by atoms with Crippen molar-refractivity contribution in [3.8, 4) is 0 Å². The van der Waals surface area contributed by atoms with E-state index >= 15 is 0 Å². The van der Waals surface area contributed by atoms with Crippen LogP contribution in [0.15, 0.2) is 30.3 Å². The van der Waals surface area contributed by atoms with Gasteiger partial charge in [0.1, 0.15) is 5.38 Å². The molecule has 1 rings (SSSR count). The normalized spacial score (nSPS) is 12.1. The monoisotopic (exact) mass is 211 g/mol. The second-order valence-electron chi connectivity index (χ2n) is 3.14. The molecule has 1 atom stereocenters. The van der Waals surface area contributed by atoms with Crippen molar-refractivity contribution in [1.29, 1.82) is 0 Å². The summed E-state index contributed by atoms with van der Waals surface area (Å²) >= 11 is 5.60. The molecule has 1 aromatic rings. The van der Waals surface area contributed by atoms with Gasteiger partial charge < -0.3 is 5.32 Å². The molecule has 0 fully saturated rings. The van der Waals surface area contributed by atoms with E-state index in [1.807, 2.05) is 30.3 Å². The summed E-state index contributed by atoms with van der Waals surface area (Å²) in [4.78, 5) is 11.1. The molecule has 1 N–H and O–H groups in total. The number of carbonyl (C=O) groups is 1. The summed E-state index contributed by atoms with van der Waals surface area (Å²) in [5, 5.41) is 2.31. The number of rotatable bonds is 4. The maximum absolute atomic E-state index is 11.1. The van der Waals surface area contributed by atoms with Crippen LogP contribution in [0.1, 0.15) is 12.5 Å². The van der Waals surface area contributed by atoms with Crippen LogP contribution >= 0.6 is 11.6 Å². The van der Waals surface area contributed by atoms with Gasteiger partial charge >= 0.3 is 0 Å². The molecular weight excluding hydrogens is 198 g/mol. The fraction of sp³-hybridized carbons (Fsp3) is 0.364. The predicted octanol–water partition coefficient (Wildman–Crippen LogP) is 1.97. The number of amides is 1. The average Bonchev–Trinajstić information content (AvgIpc) is 2.19. The van der Waals surface area contributed by atoms with Crippen LogP contribution < -0.4 is 5.32 Å². The minimum atomic E-state index is -0.453. The van der Waals surface area contributed by atoms with Crippen molar-refractivity contribution >= 4 is 17.5 Å². The van der Waals surface area contributed by atoms with Crippen LogP contribution in [0.5, 0.6) is 0 Å². The minimum Gasteiger partial charge on any atom is -0.354 e. The molecule has 1 amide bonds. The molecule has 0 saturated heterocycles. The standard InChI is InChI=1S/C11H14ClNO/c1-9(12)11(14)13-8-7-10-5-3-2-4-6-10/h2-6,9H,7-8H2,1H3,(H,13,14)/t9-/m0/s1. The number of hydrogen-bond donors (Lipinski definition) is 1. The molecule has 3 heteroatoms. The van der Waals surface area contributed by atoms with Crippen LogP contribution in [0.25, 0.3) is 0 Å². The van der Waals surface area contributed by atoms with E-state index in [1.165, 1.54) is 5.56 Å². The smallest absolute Gasteiger partial charge is 0.237 e. The summed E-state index contributed by atoms with van der Waals surface area (Å²) in [6.07, 6.45) is 0.843. The Labute approximate surface area is 89.3 Å². The van der Waals surface area contributed by atoms with Crippen LogP contribution in [0, 0.1) is 0 Å². The molecule has 14 heavy (non-hydrogen) atoms. The topological polar surface area (TPSA) is 29.1 Å². The summed E-state index contributed by atoms with van der Waals surface area (Å²) in [6.45, 7) is 2.30. The van der Waals surface area contributed by atoms with Crippen molar-refractivity contribution in [1.82, 2.24) is 5.32 Å². The fourth-order valence-corrected chi connectivity index (χ4v) is 1.19. The lowest BCUT2D eigenvalue weighted by Gasteiger charge is -2.05. The summed E-state index contributed by atoms with van der Waals surface area (Å²) in [7, 11) is 0. The van der Waals surface area contributed by atoms with Crippen molar-refractivity contribution in [3.63, 3.8) is 0 Å². The number of benzene rings is 1. The van der Waals surface area contributed by atoms with Gasteiger partial charge in [-0.2, -0.15) is 0 Å². The highest BCUT2D eigenvalue weighted by atomic mass is 35.5. The molecule has 2 nitrogen and oxygen atoms in total. The molecule has 76 valence electrons. The van der Waals surface area contributed by atoms with Crippen molar-refractivity contribution < 1.29 is 4.79 Å². The zero-order valence-electron chi connectivity index (χ0n) is 8.16. The van der Waals surface area contributed by atoms with Crippen molar-refractivity contribution in [2.45, 2.75) is 18.7 Å². The first kappa shape index (κ1) is 11.1. The molecule has 0 bridgehead atoms. The van der Waals surface area contributed by atoms with Gasteiger partial charge in [0.25, 0.3) is 0 Å². The first-order valence-electron chi connectivity index (χ1n) is 4.66. The van der Waals surface area contributed by atoms with E-state index in [0.29, 0.717) is 6.54 Å². The van der Waals surface area contributed by atoms with E-state index in [2.05, 4.69) is 5.32 Å². The van der Waals surface area contributed by atoms with Gasteiger partial charge in [0, 0.05) is 6.54 Å². The molecule has 0 aliphatic rings. The highest BCUT2D eigenvalue weighted by molar-refractivity contribution is 6.30. The molecule has 0 unspecified atom stereocenters. The second-order valence-corrected chi connectivity index (χ2v) is 3.80. The zero-order valence-corrected chi connectivity index (χ0v) is 8.92. The Bertz CT molecular complexity index is 285. The van der Waals surface area contributed by atoms with E-state index in [9.17, 15) is 4.79 Å². The lowest BCUT2D eigenvalue weighted by molar-refractivity contribution is -0.120. The van der Waals surface area contributed by atoms with E-state index in [0.717, 1.165) is 6.42 Å². The molecule has 0 spiro atoms. The van der Waals surface area contributed by atoms with Crippen LogP contribution in [0.4, 0.5) is 0 Å². The highest BCUT2D eigenvalue weighted by Gasteiger charge is 2.06. The Hall–Kier alpha value is -1.02. The van der Waals surface area contributed by atoms with Gasteiger partial charge in [-0.15, -0.1) is 11.6 Å². The Morgan fingerprint density at radius 1 is 1.43 bits per heavy atom. The molecule has 0 aliphatic carbocycles. The largest absolute Gasteiger partial charge is 0.354 e. The number of halogens is 1. The Morgan fingerprint density at radius 2 is 2.07 bits per heavy atom. The van der Waals surface area contributed by atoms with Crippen molar-refractivity contribution in [3.05, 3.63) is 35.9 Å². The van der Waals surface area contributed by atoms with Crippen molar-refractivity contribution in [2.75, 3.05) is 6.54 Å². The van der Waals surface area contributed by atoms with E-state index in [-0.39, 0.29) is 5.91 Å². The zero-order chi connectivity index (χ0) is 10.4. The number of carbonyl (C=O) groups excluding carboxylic acids is 1. The summed E-state index contributed by atoms with van der Waals surface area (Å²) in [5.41, 5.74) is 1.22. The molecule has 0 aromatic heterocycles. The number of alkyl halides is 1. The van der Waals surface area contributed by atoms with Gasteiger partial charge in [-0.1, -0.05) is 30.3 Å². The maximum atomic E-state index is 11.1. The van der Waals surface area contributed by atoms with Gasteiger partial charge in [0.15, 0.2) is 0 Å². The van der Waals surface area contributed by atoms with Crippen LogP contribution in [-0.4, -0.2) is 17.8 Å². The van der Waals surface area contributed by atoms with Gasteiger partial charge in [0.05, 0.1) is 0 Å². The Balaban J connectivity index is 2.26. The maximum Gasteiger partial charge on any atom is 0.237 e. The summed E-state index contributed by atoms with van der Waals surface area (Å²) in [5.74, 6) is -0.109. The minimum absolute atomic E-state index is 0.109. The molecular formula is C11H14ClNO. The lowest BCUT2D eigenvalue weighted by atomic mass is 10.1. The Kier molecular flexibility index (Phi) is 4.47. The third-order valence-corrected chi connectivity index (χ3v) is 2.12. The highest BCUT2D eigenvalue weighted by Crippen LogP contribution is 1.98. The molecule has 0 radical (unpaired) electrons. The third-order valence-electron chi connectivity index (χ3n) is 1.92. The van der Waals surface area contributed by atoms with Crippen LogP contribution in [-0.2, 0) is 11.2 Å². The predicted molar refractivity (Wildman–Crippen MR) is 58.5 cm³/mol. The third kappa shape index (κ3) is 3.79. The molecule has 0 heterocycles. The van der Waals surface area contributed by atoms with E-state index in [1.54, 1.807) is 6.92 Å². The van der Waals surface area contributed by atoms with E-state index < -0.39 is 5.38 Å². The molecule has 0 saturated carbocycles. The fourth-order valence-electron chi connectivity index (χ4n) is 1.12. The summed E-state index contributed by atoms with van der Waals surface area (Å²) in [6, 6.07) is 10.0. The van der Waals surface area contributed by atoms with Gasteiger partial charge in [-0.05, 0) is 18.9 Å². The summed E-state index contributed by atoms with van der Waals surface area (Å²) < 4.78 is 0. The first-order valence-corrected chi connectivity index (χ1v) is 5.09. The average molecular weight is 212 g/mol. The van der Waals surface area contributed by atoms with Gasteiger partial charge in [-0.25, -0.2) is 0 Å². The van der Waals surface area contributed by atoms with Gasteiger partial charge in [-0.3, -0.25) is 4.79 Å². The number of nitrogens with one attached hydrogen (secondary N) is 1. The van der Waals surface area contributed by atoms with Crippen LogP contribution in [0.3, 0.4) is 0 Å². The van der Waals surface area contributed by atoms with Gasteiger partial charge in [0.2, 0.25) is 5.91 Å². The van der Waals surface area contributed by atoms with Crippen LogP contribution in [0.2, 0.25) is 0 Å². The molecule has 0 aliphatic heterocycles. The van der Waals surface area contributed by atoms with Crippen molar-refractivity contribution in [2.24, 2.45) is 0 Å². The SMILES string of the molecule is C[C@H](Cl)C(=O)NCCc1ccccc1. The number of hydrogen-bond acceptors (Lipinski definition) is 1. The van der Waals surface area contributed by atoms with E-state index in [4.69, 9.17) is 11.6 Å². The lowest BCUT2D eigenvalue weighted by Crippen LogP contribution is -2.31. The second kappa shape index (κ2) is 5.66. The quantitative estimate of drug-likeness (QED) is 0.759. The molecule has 1 aromatic carbocycles. The Morgan fingerprint density at radius 3 is 2.64 bits per heavy atom. The first-order chi connectivity index (χ1) is 6.70.